The molecule has 1 saturated heterocycles. The average Bonchev–Trinajstić information content (AvgIpc) is 3.57. The summed E-state index contributed by atoms with van der Waals surface area (Å²) < 4.78 is 23.5. The van der Waals surface area contributed by atoms with Crippen LogP contribution in [0.1, 0.15) is 24.0 Å². The van der Waals surface area contributed by atoms with Gasteiger partial charge in [-0.25, -0.2) is 0 Å². The Balaban J connectivity index is 1.70. The van der Waals surface area contributed by atoms with E-state index < -0.39 is 24.2 Å². The molecule has 1 heterocycles. The number of rotatable bonds is 13. The fourth-order valence-corrected chi connectivity index (χ4v) is 6.24. The molecule has 0 spiro atoms. The van der Waals surface area contributed by atoms with Crippen LogP contribution < -0.4 is 19.5 Å². The molecule has 4 rings (SSSR count). The van der Waals surface area contributed by atoms with E-state index in [9.17, 15) is 24.9 Å². The molecule has 12 heteroatoms. The molecule has 1 fully saturated rings. The number of aliphatic hydroxyl groups is 3. The predicted molar refractivity (Wildman–Crippen MR) is 166 cm³/mol. The molecule has 11 nitrogen and oxygen atoms in total. The van der Waals surface area contributed by atoms with Crippen molar-refractivity contribution in [1.29, 1.82) is 0 Å². The second-order valence-electron chi connectivity index (χ2n) is 10.4. The number of nitrogens with zero attached hydrogens (tertiary/aromatic N) is 1. The third-order valence-corrected chi connectivity index (χ3v) is 8.52. The normalized spacial score (nSPS) is 21.6. The van der Waals surface area contributed by atoms with Gasteiger partial charge < -0.3 is 44.5 Å². The lowest BCUT2D eigenvalue weighted by molar-refractivity contribution is -0.142. The Kier molecular flexibility index (Phi) is 12.1. The highest BCUT2D eigenvalue weighted by molar-refractivity contribution is 14.1. The first-order valence-electron chi connectivity index (χ1n) is 14.2. The van der Waals surface area contributed by atoms with Crippen LogP contribution >= 0.6 is 22.6 Å². The van der Waals surface area contributed by atoms with Gasteiger partial charge in [-0.05, 0) is 70.8 Å². The van der Waals surface area contributed by atoms with Crippen molar-refractivity contribution >= 4 is 34.4 Å². The van der Waals surface area contributed by atoms with Crippen molar-refractivity contribution in [2.24, 2.45) is 5.92 Å². The second-order valence-corrected chi connectivity index (χ2v) is 11.6. The van der Waals surface area contributed by atoms with E-state index in [1.165, 1.54) is 7.11 Å². The van der Waals surface area contributed by atoms with E-state index >= 15 is 0 Å². The summed E-state index contributed by atoms with van der Waals surface area (Å²) in [5.41, 5.74) is 1.86. The molecular weight excluding hydrogens is 671 g/mol. The van der Waals surface area contributed by atoms with Crippen LogP contribution in [0.3, 0.4) is 0 Å². The standard InChI is InChI=1S/C31H39IN2O9/c1-40-25-6-4-3-5-20(25)7-10-34(31(39)21-8-12-42-18-21)24-15-22(30(38)33-9-11-35)16-26(28(24)37)43-29-23(32)13-19(17-36)14-27(29)41-2/h3-6,13-14,16,21,24,26,28,35-37H,7-12,15,17-18H2,1-2H3,(H,33,38). The zero-order valence-electron chi connectivity index (χ0n) is 24.3. The van der Waals surface area contributed by atoms with Crippen LogP contribution in [-0.4, -0.2) is 97.4 Å². The summed E-state index contributed by atoms with van der Waals surface area (Å²) in [6.45, 7) is 0.666. The molecule has 2 aromatic rings. The largest absolute Gasteiger partial charge is 0.496 e. The van der Waals surface area contributed by atoms with Gasteiger partial charge in [0.15, 0.2) is 11.5 Å². The molecule has 4 unspecified atom stereocenters. The van der Waals surface area contributed by atoms with Crippen molar-refractivity contribution < 1.29 is 43.9 Å². The Bertz CT molecular complexity index is 1300. The van der Waals surface area contributed by atoms with Gasteiger partial charge in [0.25, 0.3) is 0 Å². The minimum Gasteiger partial charge on any atom is -0.496 e. The minimum atomic E-state index is -1.20. The number of ether oxygens (including phenoxy) is 4. The highest BCUT2D eigenvalue weighted by Gasteiger charge is 2.42. The van der Waals surface area contributed by atoms with E-state index in [1.54, 1.807) is 30.2 Å². The second kappa shape index (κ2) is 15.7. The SMILES string of the molecule is COc1ccccc1CCN(C(=O)C1CCOC1)C1CC(C(=O)NCCO)=CC(Oc2c(I)cc(CO)cc2OC)C1O. The molecule has 0 radical (unpaired) electrons. The first kappa shape index (κ1) is 33.0. The van der Waals surface area contributed by atoms with Gasteiger partial charge in [0.05, 0.1) is 49.6 Å². The Morgan fingerprint density at radius 1 is 1.14 bits per heavy atom. The van der Waals surface area contributed by atoms with Crippen LogP contribution in [0.15, 0.2) is 48.0 Å². The molecule has 1 aliphatic heterocycles. The monoisotopic (exact) mass is 710 g/mol. The molecule has 2 amide bonds. The smallest absolute Gasteiger partial charge is 0.247 e. The Morgan fingerprint density at radius 2 is 1.91 bits per heavy atom. The van der Waals surface area contributed by atoms with Crippen molar-refractivity contribution in [3.05, 3.63) is 62.7 Å². The summed E-state index contributed by atoms with van der Waals surface area (Å²) in [6.07, 6.45) is 0.460. The van der Waals surface area contributed by atoms with Crippen molar-refractivity contribution in [3.63, 3.8) is 0 Å². The van der Waals surface area contributed by atoms with E-state index in [-0.39, 0.29) is 44.5 Å². The predicted octanol–water partition coefficient (Wildman–Crippen LogP) is 1.82. The zero-order chi connectivity index (χ0) is 30.9. The molecular formula is C31H39IN2O9. The highest BCUT2D eigenvalue weighted by Crippen LogP contribution is 2.37. The third-order valence-electron chi connectivity index (χ3n) is 7.72. The number of methoxy groups -OCH3 is 2. The molecule has 0 bridgehead atoms. The third kappa shape index (κ3) is 7.98. The molecule has 43 heavy (non-hydrogen) atoms. The summed E-state index contributed by atoms with van der Waals surface area (Å²) in [5.74, 6) is 0.449. The fraction of sp³-hybridized carbons (Fsp3) is 0.484. The number of nitrogens with one attached hydrogen (secondary N) is 1. The fourth-order valence-electron chi connectivity index (χ4n) is 5.45. The molecule has 2 aliphatic rings. The Hall–Kier alpha value is -2.91. The summed E-state index contributed by atoms with van der Waals surface area (Å²) >= 11 is 2.06. The lowest BCUT2D eigenvalue weighted by atomic mass is 9.87. The molecule has 4 atom stereocenters. The van der Waals surface area contributed by atoms with Gasteiger partial charge in [-0.1, -0.05) is 18.2 Å². The number of amides is 2. The van der Waals surface area contributed by atoms with Crippen LogP contribution in [0.25, 0.3) is 0 Å². The van der Waals surface area contributed by atoms with Crippen LogP contribution in [0.4, 0.5) is 0 Å². The van der Waals surface area contributed by atoms with E-state index in [2.05, 4.69) is 27.9 Å². The van der Waals surface area contributed by atoms with Crippen LogP contribution in [-0.2, 0) is 27.4 Å². The van der Waals surface area contributed by atoms with Crippen LogP contribution in [0.5, 0.6) is 17.2 Å². The number of aliphatic hydroxyl groups excluding tert-OH is 3. The molecule has 234 valence electrons. The highest BCUT2D eigenvalue weighted by atomic mass is 127. The maximum Gasteiger partial charge on any atom is 0.247 e. The van der Waals surface area contributed by atoms with Gasteiger partial charge in [0.1, 0.15) is 18.0 Å². The van der Waals surface area contributed by atoms with Gasteiger partial charge >= 0.3 is 0 Å². The first-order valence-corrected chi connectivity index (χ1v) is 15.3. The Labute approximate surface area is 264 Å². The molecule has 0 aromatic heterocycles. The summed E-state index contributed by atoms with van der Waals surface area (Å²) in [5, 5.41) is 33.4. The van der Waals surface area contributed by atoms with Gasteiger partial charge in [-0.3, -0.25) is 9.59 Å². The number of para-hydroxylation sites is 1. The number of carbonyl (C=O) groups excluding carboxylic acids is 2. The maximum absolute atomic E-state index is 14.0. The van der Waals surface area contributed by atoms with Crippen molar-refractivity contribution in [2.45, 2.75) is 44.1 Å². The quantitative estimate of drug-likeness (QED) is 0.229. The molecule has 4 N–H and O–H groups in total. The number of benzene rings is 2. The van der Waals surface area contributed by atoms with Crippen LogP contribution in [0, 0.1) is 9.49 Å². The summed E-state index contributed by atoms with van der Waals surface area (Å²) in [6, 6.07) is 10.2. The topological polar surface area (TPSA) is 147 Å². The van der Waals surface area contributed by atoms with Crippen LogP contribution in [0.2, 0.25) is 0 Å². The molecule has 1 aliphatic carbocycles. The summed E-state index contributed by atoms with van der Waals surface area (Å²) in [4.78, 5) is 28.8. The number of hydrogen-bond donors (Lipinski definition) is 4. The number of hydrogen-bond acceptors (Lipinski definition) is 9. The van der Waals surface area contributed by atoms with E-state index in [0.717, 1.165) is 5.56 Å². The lowest BCUT2D eigenvalue weighted by Crippen LogP contribution is -2.56. The number of halogens is 1. The van der Waals surface area contributed by atoms with Gasteiger partial charge in [-0.15, -0.1) is 0 Å². The van der Waals surface area contributed by atoms with Gasteiger partial charge in [-0.2, -0.15) is 0 Å². The maximum atomic E-state index is 14.0. The first-order chi connectivity index (χ1) is 20.8. The zero-order valence-corrected chi connectivity index (χ0v) is 26.5. The Morgan fingerprint density at radius 3 is 2.58 bits per heavy atom. The summed E-state index contributed by atoms with van der Waals surface area (Å²) in [7, 11) is 3.07. The minimum absolute atomic E-state index is 0.0547. The number of carbonyl (C=O) groups is 2. The van der Waals surface area contributed by atoms with E-state index in [1.807, 2.05) is 24.3 Å². The lowest BCUT2D eigenvalue weighted by Gasteiger charge is -2.41. The van der Waals surface area contributed by atoms with E-state index in [0.29, 0.717) is 58.0 Å². The molecule has 0 saturated carbocycles. The van der Waals surface area contributed by atoms with Gasteiger partial charge in [0.2, 0.25) is 11.8 Å². The van der Waals surface area contributed by atoms with Crippen molar-refractivity contribution in [3.8, 4) is 17.2 Å². The van der Waals surface area contributed by atoms with Crippen molar-refractivity contribution in [1.82, 2.24) is 10.2 Å². The van der Waals surface area contributed by atoms with Crippen molar-refractivity contribution in [2.75, 3.05) is 47.1 Å². The average molecular weight is 711 g/mol. The van der Waals surface area contributed by atoms with Gasteiger partial charge in [0, 0.05) is 31.7 Å². The molecule has 2 aromatic carbocycles. The van der Waals surface area contributed by atoms with E-state index in [4.69, 9.17) is 18.9 Å².